The molecule has 0 radical (unpaired) electrons. The van der Waals surface area contributed by atoms with E-state index in [9.17, 15) is 18.0 Å². The predicted molar refractivity (Wildman–Crippen MR) is 64.9 cm³/mol. The van der Waals surface area contributed by atoms with E-state index in [1.54, 1.807) is 0 Å². The molecule has 2 atom stereocenters. The molecule has 1 heterocycles. The Bertz CT molecular complexity index is 291. The normalized spacial score (nSPS) is 20.4. The van der Waals surface area contributed by atoms with Crippen molar-refractivity contribution in [1.82, 2.24) is 10.2 Å². The highest BCUT2D eigenvalue weighted by molar-refractivity contribution is 5.71. The molecule has 1 aliphatic rings. The van der Waals surface area contributed by atoms with Gasteiger partial charge in [0.25, 0.3) is 0 Å². The first kappa shape index (κ1) is 16.2. The highest BCUT2D eigenvalue weighted by Gasteiger charge is 2.44. The topological polar surface area (TPSA) is 52.6 Å². The molecule has 2 unspecified atom stereocenters. The van der Waals surface area contributed by atoms with Crippen LogP contribution in [0.15, 0.2) is 0 Å². The van der Waals surface area contributed by atoms with Gasteiger partial charge in [-0.3, -0.25) is 4.79 Å². The molecule has 0 spiro atoms. The van der Waals surface area contributed by atoms with Crippen LogP contribution in [0, 0.1) is 11.8 Å². The van der Waals surface area contributed by atoms with Crippen molar-refractivity contribution in [3.63, 3.8) is 0 Å². The van der Waals surface area contributed by atoms with Crippen LogP contribution in [0.1, 0.15) is 19.8 Å². The number of alkyl halides is 3. The zero-order valence-electron chi connectivity index (χ0n) is 11.0. The molecular weight excluding hydrogens is 261 g/mol. The minimum absolute atomic E-state index is 0.209. The van der Waals surface area contributed by atoms with Crippen LogP contribution in [0.5, 0.6) is 0 Å². The van der Waals surface area contributed by atoms with Gasteiger partial charge in [0.1, 0.15) is 0 Å². The molecule has 0 aliphatic carbocycles. The van der Waals surface area contributed by atoms with Gasteiger partial charge in [0, 0.05) is 13.1 Å². The number of hydrogen-bond acceptors (Lipinski definition) is 3. The summed E-state index contributed by atoms with van der Waals surface area (Å²) in [6.07, 6.45) is -2.35. The number of nitrogens with zero attached hydrogens (tertiary/aromatic N) is 1. The fourth-order valence-corrected chi connectivity index (χ4v) is 2.29. The van der Waals surface area contributed by atoms with Crippen molar-refractivity contribution in [2.45, 2.75) is 25.9 Å². The van der Waals surface area contributed by atoms with E-state index in [0.717, 1.165) is 19.6 Å². The van der Waals surface area contributed by atoms with Gasteiger partial charge < -0.3 is 15.3 Å². The van der Waals surface area contributed by atoms with E-state index in [1.165, 1.54) is 12.8 Å². The van der Waals surface area contributed by atoms with E-state index in [1.807, 2.05) is 6.92 Å². The van der Waals surface area contributed by atoms with Crippen LogP contribution >= 0.6 is 0 Å². The lowest BCUT2D eigenvalue weighted by molar-refractivity contribution is -0.192. The van der Waals surface area contributed by atoms with Gasteiger partial charge in [0.15, 0.2) is 5.92 Å². The monoisotopic (exact) mass is 282 g/mol. The summed E-state index contributed by atoms with van der Waals surface area (Å²) in [4.78, 5) is 12.8. The van der Waals surface area contributed by atoms with Gasteiger partial charge in [-0.1, -0.05) is 6.92 Å². The number of carboxylic acids is 1. The van der Waals surface area contributed by atoms with Crippen LogP contribution in [0.25, 0.3) is 0 Å². The number of carboxylic acid groups (broad SMARTS) is 1. The van der Waals surface area contributed by atoms with Crippen LogP contribution in [0.3, 0.4) is 0 Å². The van der Waals surface area contributed by atoms with Crippen molar-refractivity contribution in [3.8, 4) is 0 Å². The molecule has 0 amide bonds. The third-order valence-corrected chi connectivity index (χ3v) is 3.30. The molecule has 1 aliphatic heterocycles. The summed E-state index contributed by atoms with van der Waals surface area (Å²) in [5, 5.41) is 11.2. The number of halogens is 3. The molecule has 0 aromatic carbocycles. The Labute approximate surface area is 111 Å². The smallest absolute Gasteiger partial charge is 0.403 e. The van der Waals surface area contributed by atoms with Crippen molar-refractivity contribution in [2.24, 2.45) is 11.8 Å². The fourth-order valence-electron chi connectivity index (χ4n) is 2.29. The van der Waals surface area contributed by atoms with Crippen molar-refractivity contribution in [1.29, 1.82) is 0 Å². The molecule has 1 fully saturated rings. The first-order valence-corrected chi connectivity index (χ1v) is 6.53. The van der Waals surface area contributed by atoms with E-state index >= 15 is 0 Å². The average Bonchev–Trinajstić information content (AvgIpc) is 2.74. The lowest BCUT2D eigenvalue weighted by Gasteiger charge is -2.22. The molecule has 0 aromatic rings. The highest BCUT2D eigenvalue weighted by atomic mass is 19.4. The molecule has 0 aromatic heterocycles. The second kappa shape index (κ2) is 7.09. The van der Waals surface area contributed by atoms with Crippen LogP contribution < -0.4 is 5.32 Å². The third kappa shape index (κ3) is 5.78. The van der Waals surface area contributed by atoms with Gasteiger partial charge in [-0.05, 0) is 38.4 Å². The van der Waals surface area contributed by atoms with Gasteiger partial charge in [0.2, 0.25) is 0 Å². The lowest BCUT2D eigenvalue weighted by Crippen LogP contribution is -2.41. The minimum Gasteiger partial charge on any atom is -0.481 e. The number of carbonyl (C=O) groups is 1. The van der Waals surface area contributed by atoms with Gasteiger partial charge in [-0.2, -0.15) is 13.2 Å². The first-order chi connectivity index (χ1) is 8.80. The van der Waals surface area contributed by atoms with Crippen LogP contribution in [-0.4, -0.2) is 54.9 Å². The zero-order chi connectivity index (χ0) is 14.5. The van der Waals surface area contributed by atoms with Gasteiger partial charge in [0.05, 0.1) is 0 Å². The maximum absolute atomic E-state index is 12.4. The maximum Gasteiger partial charge on any atom is 0.403 e. The summed E-state index contributed by atoms with van der Waals surface area (Å²) in [5.41, 5.74) is 0. The van der Waals surface area contributed by atoms with Crippen molar-refractivity contribution < 1.29 is 23.1 Å². The summed E-state index contributed by atoms with van der Waals surface area (Å²) in [6, 6.07) is 0. The summed E-state index contributed by atoms with van der Waals surface area (Å²) < 4.78 is 37.2. The van der Waals surface area contributed by atoms with Crippen LogP contribution in [0.4, 0.5) is 13.2 Å². The Balaban J connectivity index is 2.25. The SMILES string of the molecule is CC(CNCC(C(=O)O)C(F)(F)F)CN1CCCC1. The number of nitrogens with one attached hydrogen (secondary N) is 1. The van der Waals surface area contributed by atoms with Crippen molar-refractivity contribution in [3.05, 3.63) is 0 Å². The predicted octanol–water partition coefficient (Wildman–Crippen LogP) is 1.57. The highest BCUT2D eigenvalue weighted by Crippen LogP contribution is 2.25. The lowest BCUT2D eigenvalue weighted by atomic mass is 10.1. The molecule has 7 heteroatoms. The minimum atomic E-state index is -4.70. The third-order valence-electron chi connectivity index (χ3n) is 3.30. The van der Waals surface area contributed by atoms with E-state index in [2.05, 4.69) is 10.2 Å². The summed E-state index contributed by atoms with van der Waals surface area (Å²) in [7, 11) is 0. The molecule has 2 N–H and O–H groups in total. The van der Waals surface area contributed by atoms with E-state index in [-0.39, 0.29) is 5.92 Å². The fraction of sp³-hybridized carbons (Fsp3) is 0.917. The summed E-state index contributed by atoms with van der Waals surface area (Å²) in [6.45, 7) is 4.72. The Morgan fingerprint density at radius 3 is 2.37 bits per heavy atom. The van der Waals surface area contributed by atoms with Crippen molar-refractivity contribution in [2.75, 3.05) is 32.7 Å². The van der Waals surface area contributed by atoms with Gasteiger partial charge in [-0.25, -0.2) is 0 Å². The molecule has 19 heavy (non-hydrogen) atoms. The quantitative estimate of drug-likeness (QED) is 0.744. The summed E-state index contributed by atoms with van der Waals surface area (Å²) in [5.74, 6) is -3.94. The second-order valence-corrected chi connectivity index (χ2v) is 5.20. The Kier molecular flexibility index (Phi) is 6.06. The number of hydrogen-bond donors (Lipinski definition) is 2. The molecule has 1 saturated heterocycles. The van der Waals surface area contributed by atoms with Gasteiger partial charge in [-0.15, -0.1) is 0 Å². The maximum atomic E-state index is 12.4. The molecule has 1 rings (SSSR count). The number of rotatable bonds is 7. The largest absolute Gasteiger partial charge is 0.481 e. The van der Waals surface area contributed by atoms with E-state index in [0.29, 0.717) is 6.54 Å². The van der Waals surface area contributed by atoms with Crippen molar-refractivity contribution >= 4 is 5.97 Å². The van der Waals surface area contributed by atoms with E-state index in [4.69, 9.17) is 5.11 Å². The molecule has 0 saturated carbocycles. The van der Waals surface area contributed by atoms with Crippen LogP contribution in [0.2, 0.25) is 0 Å². The second-order valence-electron chi connectivity index (χ2n) is 5.20. The standard InChI is InChI=1S/C12H21F3N2O2/c1-9(8-17-4-2-3-5-17)6-16-7-10(11(18)19)12(13,14)15/h9-10,16H,2-8H2,1H3,(H,18,19). The Morgan fingerprint density at radius 2 is 1.89 bits per heavy atom. The average molecular weight is 282 g/mol. The first-order valence-electron chi connectivity index (χ1n) is 6.53. The Hall–Kier alpha value is -0.820. The van der Waals surface area contributed by atoms with Gasteiger partial charge >= 0.3 is 12.1 Å². The number of likely N-dealkylation sites (tertiary alicyclic amines) is 1. The summed E-state index contributed by atoms with van der Waals surface area (Å²) >= 11 is 0. The number of aliphatic carboxylic acids is 1. The van der Waals surface area contributed by atoms with Crippen LogP contribution in [-0.2, 0) is 4.79 Å². The van der Waals surface area contributed by atoms with E-state index < -0.39 is 24.6 Å². The molecule has 4 nitrogen and oxygen atoms in total. The Morgan fingerprint density at radius 1 is 1.32 bits per heavy atom. The molecule has 112 valence electrons. The molecular formula is C12H21F3N2O2. The molecule has 0 bridgehead atoms. The zero-order valence-corrected chi connectivity index (χ0v) is 11.0.